The summed E-state index contributed by atoms with van der Waals surface area (Å²) in [5.41, 5.74) is 8.76. The number of hydrogen-bond acceptors (Lipinski definition) is 3. The molecule has 0 saturated heterocycles. The van der Waals surface area contributed by atoms with Gasteiger partial charge in [-0.25, -0.2) is 5.01 Å². The van der Waals surface area contributed by atoms with Crippen molar-refractivity contribution in [1.29, 1.82) is 5.41 Å². The van der Waals surface area contributed by atoms with Crippen molar-refractivity contribution >= 4 is 11.7 Å². The number of nitrogens with zero attached hydrogens (tertiary/aromatic N) is 2. The maximum Gasteiger partial charge on any atom is 0.209 e. The fourth-order valence-corrected chi connectivity index (χ4v) is 2.62. The Morgan fingerprint density at radius 1 is 1.18 bits per heavy atom. The Morgan fingerprint density at radius 3 is 2.45 bits per heavy atom. The molecule has 1 aliphatic heterocycles. The van der Waals surface area contributed by atoms with Crippen LogP contribution in [0.5, 0.6) is 5.75 Å². The van der Waals surface area contributed by atoms with Gasteiger partial charge in [-0.15, -0.1) is 0 Å². The highest BCUT2D eigenvalue weighted by molar-refractivity contribution is 6.03. The van der Waals surface area contributed by atoms with Crippen molar-refractivity contribution in [2.45, 2.75) is 12.5 Å². The summed E-state index contributed by atoms with van der Waals surface area (Å²) in [5.74, 6) is 0.757. The first-order valence-corrected chi connectivity index (χ1v) is 7.09. The van der Waals surface area contributed by atoms with Crippen LogP contribution in [0.15, 0.2) is 59.7 Å². The molecule has 1 atom stereocenters. The van der Waals surface area contributed by atoms with E-state index in [1.807, 2.05) is 54.6 Å². The molecule has 0 bridgehead atoms. The second kappa shape index (κ2) is 5.89. The van der Waals surface area contributed by atoms with Crippen LogP contribution in [0.25, 0.3) is 0 Å². The summed E-state index contributed by atoms with van der Waals surface area (Å²) in [6, 6.07) is 17.7. The topological polar surface area (TPSA) is 74.7 Å². The van der Waals surface area contributed by atoms with E-state index in [0.29, 0.717) is 0 Å². The summed E-state index contributed by atoms with van der Waals surface area (Å²) in [5, 5.41) is 13.9. The molecule has 22 heavy (non-hydrogen) atoms. The van der Waals surface area contributed by atoms with Gasteiger partial charge in [0.25, 0.3) is 0 Å². The summed E-state index contributed by atoms with van der Waals surface area (Å²) in [7, 11) is 1.64. The molecule has 1 heterocycles. The van der Waals surface area contributed by atoms with E-state index in [1.165, 1.54) is 0 Å². The number of nitrogens with two attached hydrogens (primary N) is 1. The zero-order valence-corrected chi connectivity index (χ0v) is 12.4. The van der Waals surface area contributed by atoms with Gasteiger partial charge >= 0.3 is 0 Å². The third-order valence-corrected chi connectivity index (χ3v) is 3.76. The molecule has 2 aromatic rings. The van der Waals surface area contributed by atoms with Gasteiger partial charge in [0.2, 0.25) is 5.96 Å². The first-order valence-electron chi connectivity index (χ1n) is 7.09. The van der Waals surface area contributed by atoms with E-state index in [0.717, 1.165) is 29.0 Å². The van der Waals surface area contributed by atoms with Gasteiger partial charge in [0.15, 0.2) is 0 Å². The van der Waals surface area contributed by atoms with Gasteiger partial charge in [-0.2, -0.15) is 5.10 Å². The molecule has 0 spiro atoms. The second-order valence-corrected chi connectivity index (χ2v) is 5.14. The highest BCUT2D eigenvalue weighted by Crippen LogP contribution is 2.32. The molecule has 0 saturated carbocycles. The van der Waals surface area contributed by atoms with E-state index in [1.54, 1.807) is 12.1 Å². The van der Waals surface area contributed by atoms with Crippen molar-refractivity contribution in [3.63, 3.8) is 0 Å². The average Bonchev–Trinajstić information content (AvgIpc) is 3.01. The molecule has 0 radical (unpaired) electrons. The molecule has 3 N–H and O–H groups in total. The SMILES string of the molecule is COc1ccc(C2CC(c3ccccc3)=NN2C(=N)N)cc1. The molecular formula is C17H18N4O. The number of benzene rings is 2. The second-order valence-electron chi connectivity index (χ2n) is 5.14. The minimum atomic E-state index is -0.0568. The normalized spacial score (nSPS) is 17.2. The number of hydrazone groups is 1. The lowest BCUT2D eigenvalue weighted by molar-refractivity contribution is 0.362. The number of guanidine groups is 1. The lowest BCUT2D eigenvalue weighted by Gasteiger charge is -2.21. The molecule has 2 aromatic carbocycles. The minimum absolute atomic E-state index is 0.0493. The van der Waals surface area contributed by atoms with E-state index >= 15 is 0 Å². The highest BCUT2D eigenvalue weighted by atomic mass is 16.5. The lowest BCUT2D eigenvalue weighted by Crippen LogP contribution is -2.32. The Kier molecular flexibility index (Phi) is 3.78. The average molecular weight is 294 g/mol. The Morgan fingerprint density at radius 2 is 1.86 bits per heavy atom. The smallest absolute Gasteiger partial charge is 0.209 e. The van der Waals surface area contributed by atoms with Gasteiger partial charge in [0, 0.05) is 6.42 Å². The van der Waals surface area contributed by atoms with Gasteiger partial charge in [-0.05, 0) is 23.3 Å². The quantitative estimate of drug-likeness (QED) is 0.675. The molecule has 1 unspecified atom stereocenters. The van der Waals surface area contributed by atoms with E-state index in [2.05, 4.69) is 5.10 Å². The van der Waals surface area contributed by atoms with Crippen molar-refractivity contribution in [1.82, 2.24) is 5.01 Å². The fourth-order valence-electron chi connectivity index (χ4n) is 2.62. The number of methoxy groups -OCH3 is 1. The molecule has 0 fully saturated rings. The van der Waals surface area contributed by atoms with Crippen molar-refractivity contribution < 1.29 is 4.74 Å². The maximum absolute atomic E-state index is 7.77. The number of ether oxygens (including phenoxy) is 1. The van der Waals surface area contributed by atoms with Gasteiger partial charge in [0.1, 0.15) is 5.75 Å². The van der Waals surface area contributed by atoms with Gasteiger partial charge in [-0.3, -0.25) is 5.41 Å². The van der Waals surface area contributed by atoms with E-state index in [9.17, 15) is 0 Å². The highest BCUT2D eigenvalue weighted by Gasteiger charge is 2.30. The van der Waals surface area contributed by atoms with Crippen molar-refractivity contribution in [3.05, 3.63) is 65.7 Å². The van der Waals surface area contributed by atoms with Gasteiger partial charge < -0.3 is 10.5 Å². The predicted molar refractivity (Wildman–Crippen MR) is 87.1 cm³/mol. The molecule has 5 nitrogen and oxygen atoms in total. The molecule has 3 rings (SSSR count). The fraction of sp³-hybridized carbons (Fsp3) is 0.176. The monoisotopic (exact) mass is 294 g/mol. The Bertz CT molecular complexity index is 694. The van der Waals surface area contributed by atoms with Crippen molar-refractivity contribution in [2.24, 2.45) is 10.8 Å². The van der Waals surface area contributed by atoms with Crippen LogP contribution in [-0.2, 0) is 0 Å². The van der Waals surface area contributed by atoms with Crippen LogP contribution < -0.4 is 10.5 Å². The third-order valence-electron chi connectivity index (χ3n) is 3.76. The number of nitrogens with one attached hydrogen (secondary N) is 1. The summed E-state index contributed by atoms with van der Waals surface area (Å²) in [4.78, 5) is 0. The van der Waals surface area contributed by atoms with Crippen molar-refractivity contribution in [2.75, 3.05) is 7.11 Å². The third kappa shape index (κ3) is 2.65. The van der Waals surface area contributed by atoms with Crippen LogP contribution in [0.2, 0.25) is 0 Å². The summed E-state index contributed by atoms with van der Waals surface area (Å²) in [6.07, 6.45) is 0.718. The minimum Gasteiger partial charge on any atom is -0.497 e. The van der Waals surface area contributed by atoms with Gasteiger partial charge in [-0.1, -0.05) is 42.5 Å². The standard InChI is InChI=1S/C17H18N4O/c1-22-14-9-7-13(8-10-14)16-11-15(20-21(16)17(18)19)12-5-3-2-4-6-12/h2-10,16H,11H2,1H3,(H3,18,19). The Hall–Kier alpha value is -2.82. The predicted octanol–water partition coefficient (Wildman–Crippen LogP) is 2.74. The van der Waals surface area contributed by atoms with E-state index in [-0.39, 0.29) is 12.0 Å². The molecule has 1 aliphatic rings. The molecule has 0 amide bonds. The largest absolute Gasteiger partial charge is 0.497 e. The van der Waals surface area contributed by atoms with Gasteiger partial charge in [0.05, 0.1) is 18.9 Å². The van der Waals surface area contributed by atoms with Crippen LogP contribution in [0.4, 0.5) is 0 Å². The Balaban J connectivity index is 1.90. The molecule has 0 aliphatic carbocycles. The molecule has 0 aromatic heterocycles. The van der Waals surface area contributed by atoms with Crippen LogP contribution in [0.3, 0.4) is 0 Å². The molecular weight excluding hydrogens is 276 g/mol. The van der Waals surface area contributed by atoms with E-state index in [4.69, 9.17) is 15.9 Å². The summed E-state index contributed by atoms with van der Waals surface area (Å²) >= 11 is 0. The summed E-state index contributed by atoms with van der Waals surface area (Å²) in [6.45, 7) is 0. The molecule has 5 heteroatoms. The van der Waals surface area contributed by atoms with Crippen LogP contribution >= 0.6 is 0 Å². The van der Waals surface area contributed by atoms with E-state index < -0.39 is 0 Å². The van der Waals surface area contributed by atoms with Crippen LogP contribution in [0, 0.1) is 5.41 Å². The number of hydrogen-bond donors (Lipinski definition) is 2. The Labute approximate surface area is 129 Å². The molecule has 112 valence electrons. The zero-order valence-electron chi connectivity index (χ0n) is 12.4. The zero-order chi connectivity index (χ0) is 15.5. The number of rotatable bonds is 3. The van der Waals surface area contributed by atoms with Crippen LogP contribution in [0.1, 0.15) is 23.6 Å². The first kappa shape index (κ1) is 14.1. The summed E-state index contributed by atoms with van der Waals surface area (Å²) < 4.78 is 5.19. The maximum atomic E-state index is 7.77. The first-order chi connectivity index (χ1) is 10.7. The van der Waals surface area contributed by atoms with Crippen molar-refractivity contribution in [3.8, 4) is 5.75 Å². The lowest BCUT2D eigenvalue weighted by atomic mass is 9.98. The van der Waals surface area contributed by atoms with Crippen LogP contribution in [-0.4, -0.2) is 23.8 Å².